The van der Waals surface area contributed by atoms with Gasteiger partial charge in [0.05, 0.1) is 13.2 Å². The molecule has 0 aliphatic carbocycles. The summed E-state index contributed by atoms with van der Waals surface area (Å²) in [6.45, 7) is 4.13. The Labute approximate surface area is 177 Å². The first-order valence-electron chi connectivity index (χ1n) is 10.6. The van der Waals surface area contributed by atoms with E-state index in [4.69, 9.17) is 9.47 Å². The van der Waals surface area contributed by atoms with Crippen LogP contribution in [0.5, 0.6) is 5.75 Å². The molecular formula is C24H28N2O4. The quantitative estimate of drug-likeness (QED) is 0.763. The molecule has 2 amide bonds. The number of benzene rings is 2. The number of hydrogen-bond acceptors (Lipinski definition) is 4. The van der Waals surface area contributed by atoms with Crippen LogP contribution in [0.25, 0.3) is 0 Å². The first-order chi connectivity index (χ1) is 14.7. The Kier molecular flexibility index (Phi) is 6.64. The fourth-order valence-corrected chi connectivity index (χ4v) is 4.07. The lowest BCUT2D eigenvalue weighted by molar-refractivity contribution is -0.141. The van der Waals surface area contributed by atoms with E-state index < -0.39 is 0 Å². The largest absolute Gasteiger partial charge is 0.489 e. The summed E-state index contributed by atoms with van der Waals surface area (Å²) >= 11 is 0. The second-order valence-electron chi connectivity index (χ2n) is 7.76. The van der Waals surface area contributed by atoms with Gasteiger partial charge in [0.1, 0.15) is 12.4 Å². The van der Waals surface area contributed by atoms with Crippen LogP contribution in [0, 0.1) is 5.92 Å². The van der Waals surface area contributed by atoms with Crippen LogP contribution in [0.1, 0.15) is 28.8 Å². The van der Waals surface area contributed by atoms with Crippen LogP contribution in [0.2, 0.25) is 0 Å². The molecule has 4 rings (SSSR count). The van der Waals surface area contributed by atoms with Crippen molar-refractivity contribution in [3.63, 3.8) is 0 Å². The van der Waals surface area contributed by atoms with Gasteiger partial charge in [-0.2, -0.15) is 0 Å². The van der Waals surface area contributed by atoms with E-state index in [0.717, 1.165) is 11.3 Å². The van der Waals surface area contributed by atoms with E-state index in [1.807, 2.05) is 64.4 Å². The monoisotopic (exact) mass is 408 g/mol. The second kappa shape index (κ2) is 9.76. The Morgan fingerprint density at radius 3 is 2.27 bits per heavy atom. The molecule has 0 unspecified atom stereocenters. The topological polar surface area (TPSA) is 59.1 Å². The molecule has 2 aromatic rings. The summed E-state index contributed by atoms with van der Waals surface area (Å²) in [5.74, 6) is 1.01. The highest BCUT2D eigenvalue weighted by molar-refractivity contribution is 5.96. The first kappa shape index (κ1) is 20.4. The van der Waals surface area contributed by atoms with E-state index in [1.165, 1.54) is 0 Å². The van der Waals surface area contributed by atoms with E-state index >= 15 is 0 Å². The fourth-order valence-electron chi connectivity index (χ4n) is 4.07. The van der Waals surface area contributed by atoms with Gasteiger partial charge in [0.15, 0.2) is 0 Å². The summed E-state index contributed by atoms with van der Waals surface area (Å²) < 4.78 is 11.2. The number of ether oxygens (including phenoxy) is 2. The Morgan fingerprint density at radius 2 is 1.53 bits per heavy atom. The number of para-hydroxylation sites is 1. The number of carbonyl (C=O) groups excluding carboxylic acids is 2. The molecular weight excluding hydrogens is 380 g/mol. The third-order valence-corrected chi connectivity index (χ3v) is 5.84. The molecule has 2 saturated heterocycles. The van der Waals surface area contributed by atoms with Gasteiger partial charge in [-0.3, -0.25) is 9.59 Å². The molecule has 158 valence electrons. The molecule has 2 aliphatic rings. The molecule has 30 heavy (non-hydrogen) atoms. The van der Waals surface area contributed by atoms with Crippen molar-refractivity contribution in [3.8, 4) is 5.75 Å². The minimum absolute atomic E-state index is 0.00353. The number of amides is 2. The molecule has 6 heteroatoms. The van der Waals surface area contributed by atoms with E-state index in [-0.39, 0.29) is 17.7 Å². The number of rotatable bonds is 5. The number of nitrogens with zero attached hydrogens (tertiary/aromatic N) is 2. The average molecular weight is 408 g/mol. The zero-order valence-corrected chi connectivity index (χ0v) is 17.2. The van der Waals surface area contributed by atoms with Crippen molar-refractivity contribution in [1.29, 1.82) is 0 Å². The molecule has 0 N–H and O–H groups in total. The average Bonchev–Trinajstić information content (AvgIpc) is 2.83. The van der Waals surface area contributed by atoms with Crippen LogP contribution in [0.4, 0.5) is 0 Å². The molecule has 0 saturated carbocycles. The summed E-state index contributed by atoms with van der Waals surface area (Å²) in [6.07, 6.45) is 1.43. The van der Waals surface area contributed by atoms with Gasteiger partial charge < -0.3 is 19.3 Å². The third-order valence-electron chi connectivity index (χ3n) is 5.84. The smallest absolute Gasteiger partial charge is 0.254 e. The normalized spacial score (nSPS) is 17.6. The highest BCUT2D eigenvalue weighted by Crippen LogP contribution is 2.23. The Balaban J connectivity index is 1.35. The fraction of sp³-hybridized carbons (Fsp3) is 0.417. The molecule has 0 spiro atoms. The summed E-state index contributed by atoms with van der Waals surface area (Å²) in [4.78, 5) is 29.7. The minimum Gasteiger partial charge on any atom is -0.489 e. The second-order valence-corrected chi connectivity index (χ2v) is 7.76. The van der Waals surface area contributed by atoms with Crippen molar-refractivity contribution in [2.45, 2.75) is 19.4 Å². The van der Waals surface area contributed by atoms with Crippen molar-refractivity contribution >= 4 is 11.8 Å². The molecule has 0 atom stereocenters. The van der Waals surface area contributed by atoms with Crippen LogP contribution >= 0.6 is 0 Å². The summed E-state index contributed by atoms with van der Waals surface area (Å²) in [7, 11) is 0. The number of morpholine rings is 1. The highest BCUT2D eigenvalue weighted by atomic mass is 16.5. The summed E-state index contributed by atoms with van der Waals surface area (Å²) in [6, 6.07) is 17.2. The lowest BCUT2D eigenvalue weighted by Gasteiger charge is -2.35. The van der Waals surface area contributed by atoms with Gasteiger partial charge in [-0.25, -0.2) is 0 Å². The van der Waals surface area contributed by atoms with Gasteiger partial charge in [0.2, 0.25) is 5.91 Å². The van der Waals surface area contributed by atoms with Gasteiger partial charge >= 0.3 is 0 Å². The maximum absolute atomic E-state index is 13.2. The summed E-state index contributed by atoms with van der Waals surface area (Å²) in [5.41, 5.74) is 1.55. The SMILES string of the molecule is O=C(c1ccccc1COc1ccccc1)N1CCC(C(=O)N2CCOCC2)CC1. The van der Waals surface area contributed by atoms with E-state index in [2.05, 4.69) is 0 Å². The van der Waals surface area contributed by atoms with Gasteiger partial charge in [-0.1, -0.05) is 36.4 Å². The summed E-state index contributed by atoms with van der Waals surface area (Å²) in [5, 5.41) is 0. The molecule has 2 aromatic carbocycles. The van der Waals surface area contributed by atoms with Crippen molar-refractivity contribution in [1.82, 2.24) is 9.80 Å². The van der Waals surface area contributed by atoms with Gasteiger partial charge in [-0.05, 0) is 31.0 Å². The van der Waals surface area contributed by atoms with E-state index in [9.17, 15) is 9.59 Å². The molecule has 2 heterocycles. The number of likely N-dealkylation sites (tertiary alicyclic amines) is 1. The number of carbonyl (C=O) groups is 2. The molecule has 6 nitrogen and oxygen atoms in total. The van der Waals surface area contributed by atoms with Gasteiger partial charge in [0, 0.05) is 43.2 Å². The standard InChI is InChI=1S/C24H28N2O4/c27-23(26-14-16-29-17-15-26)19-10-12-25(13-11-19)24(28)22-9-5-4-6-20(22)18-30-21-7-2-1-3-8-21/h1-9,19H,10-18H2. The lowest BCUT2D eigenvalue weighted by Crippen LogP contribution is -2.47. The predicted molar refractivity (Wildman–Crippen MR) is 113 cm³/mol. The van der Waals surface area contributed by atoms with Crippen LogP contribution in [-0.2, 0) is 16.1 Å². The maximum Gasteiger partial charge on any atom is 0.254 e. The van der Waals surface area contributed by atoms with Crippen LogP contribution in [0.15, 0.2) is 54.6 Å². The number of hydrogen-bond donors (Lipinski definition) is 0. The molecule has 2 aliphatic heterocycles. The molecule has 2 fully saturated rings. The van der Waals surface area contributed by atoms with Crippen LogP contribution in [0.3, 0.4) is 0 Å². The van der Waals surface area contributed by atoms with Gasteiger partial charge in [-0.15, -0.1) is 0 Å². The molecule has 0 radical (unpaired) electrons. The van der Waals surface area contributed by atoms with E-state index in [1.54, 1.807) is 0 Å². The molecule has 0 aromatic heterocycles. The van der Waals surface area contributed by atoms with Crippen molar-refractivity contribution in [2.24, 2.45) is 5.92 Å². The van der Waals surface area contributed by atoms with Crippen LogP contribution < -0.4 is 4.74 Å². The zero-order valence-electron chi connectivity index (χ0n) is 17.2. The Morgan fingerprint density at radius 1 is 0.867 bits per heavy atom. The maximum atomic E-state index is 13.2. The zero-order chi connectivity index (χ0) is 20.8. The third kappa shape index (κ3) is 4.82. The molecule has 0 bridgehead atoms. The van der Waals surface area contributed by atoms with E-state index in [0.29, 0.717) is 64.4 Å². The van der Waals surface area contributed by atoms with Crippen molar-refractivity contribution in [3.05, 3.63) is 65.7 Å². The minimum atomic E-state index is 0.00353. The van der Waals surface area contributed by atoms with Crippen molar-refractivity contribution in [2.75, 3.05) is 39.4 Å². The van der Waals surface area contributed by atoms with Gasteiger partial charge in [0.25, 0.3) is 5.91 Å². The van der Waals surface area contributed by atoms with Crippen molar-refractivity contribution < 1.29 is 19.1 Å². The Hall–Kier alpha value is -2.86. The van der Waals surface area contributed by atoms with Crippen LogP contribution in [-0.4, -0.2) is 61.0 Å². The lowest BCUT2D eigenvalue weighted by atomic mass is 9.94. The Bertz CT molecular complexity index is 857. The highest BCUT2D eigenvalue weighted by Gasteiger charge is 2.31. The first-order valence-corrected chi connectivity index (χ1v) is 10.6. The predicted octanol–water partition coefficient (Wildman–Crippen LogP) is 2.98. The number of piperidine rings is 1.